The number of hydrogen-bond acceptors (Lipinski definition) is 2. The van der Waals surface area contributed by atoms with Crippen molar-refractivity contribution in [3.05, 3.63) is 182 Å². The Balaban J connectivity index is 0.997. The topological polar surface area (TPSA) is 13.1 Å². The van der Waals surface area contributed by atoms with Gasteiger partial charge in [0, 0.05) is 30.9 Å². The van der Waals surface area contributed by atoms with Crippen LogP contribution in [0.1, 0.15) is 0 Å². The molecule has 0 radical (unpaired) electrons. The summed E-state index contributed by atoms with van der Waals surface area (Å²) in [5.41, 5.74) is 9.21. The van der Waals surface area contributed by atoms with Crippen LogP contribution in [-0.2, 0) is 0 Å². The molecule has 0 aliphatic heterocycles. The summed E-state index contributed by atoms with van der Waals surface area (Å²) in [6, 6.07) is 66.7. The molecule has 0 amide bonds. The highest BCUT2D eigenvalue weighted by molar-refractivity contribution is 7.26. The third-order valence-electron chi connectivity index (χ3n) is 11.4. The van der Waals surface area contributed by atoms with Crippen molar-refractivity contribution in [2.75, 3.05) is 0 Å². The summed E-state index contributed by atoms with van der Waals surface area (Å²) in [6.07, 6.45) is 0. The highest BCUT2D eigenvalue weighted by atomic mass is 32.1. The van der Waals surface area contributed by atoms with Gasteiger partial charge in [-0.3, -0.25) is 0 Å². The Morgan fingerprint density at radius 2 is 0.833 bits per heavy atom. The van der Waals surface area contributed by atoms with Crippen LogP contribution >= 0.6 is 11.3 Å². The van der Waals surface area contributed by atoms with Crippen LogP contribution in [0.5, 0.6) is 0 Å². The van der Waals surface area contributed by atoms with Gasteiger partial charge in [0.05, 0.1) is 0 Å². The van der Waals surface area contributed by atoms with Crippen LogP contribution < -0.4 is 0 Å². The van der Waals surface area contributed by atoms with Crippen LogP contribution in [-0.4, -0.2) is 0 Å². The van der Waals surface area contributed by atoms with E-state index < -0.39 is 0 Å². The summed E-state index contributed by atoms with van der Waals surface area (Å²) in [5, 5.41) is 14.9. The van der Waals surface area contributed by atoms with Gasteiger partial charge >= 0.3 is 0 Å². The molecule has 10 aromatic carbocycles. The van der Waals surface area contributed by atoms with E-state index >= 15 is 0 Å². The maximum Gasteiger partial charge on any atom is 0.144 e. The van der Waals surface area contributed by atoms with Crippen molar-refractivity contribution in [1.82, 2.24) is 0 Å². The predicted molar refractivity (Wildman–Crippen MR) is 233 cm³/mol. The molecule has 0 unspecified atom stereocenters. The predicted octanol–water partition coefficient (Wildman–Crippen LogP) is 15.6. The van der Waals surface area contributed by atoms with E-state index in [9.17, 15) is 0 Å². The first-order chi connectivity index (χ1) is 26.8. The molecule has 2 heteroatoms. The fourth-order valence-corrected chi connectivity index (χ4v) is 10.1. The SMILES string of the molecule is c1ccc2cc(-c3c4ccccc4c(-c4ccc(-c5ccc6c(c5)oc5c6ccc6sc7ccc8ccccc8c7c65)cc4)c4ccccc34)ccc2c1. The van der Waals surface area contributed by atoms with Crippen LogP contribution in [0.25, 0.3) is 119 Å². The van der Waals surface area contributed by atoms with E-state index in [-0.39, 0.29) is 0 Å². The Morgan fingerprint density at radius 3 is 1.57 bits per heavy atom. The van der Waals surface area contributed by atoms with Crippen molar-refractivity contribution in [2.24, 2.45) is 0 Å². The zero-order valence-corrected chi connectivity index (χ0v) is 30.0. The number of fused-ring (bicyclic) bond motifs is 12. The lowest BCUT2D eigenvalue weighted by atomic mass is 9.85. The Bertz CT molecular complexity index is 3430. The molecular weight excluding hydrogens is 673 g/mol. The van der Waals surface area contributed by atoms with Crippen LogP contribution in [0, 0.1) is 0 Å². The average Bonchev–Trinajstić information content (AvgIpc) is 3.81. The molecule has 54 heavy (non-hydrogen) atoms. The van der Waals surface area contributed by atoms with Gasteiger partial charge in [0.25, 0.3) is 0 Å². The van der Waals surface area contributed by atoms with E-state index in [4.69, 9.17) is 4.42 Å². The molecular formula is C52H30OS. The van der Waals surface area contributed by atoms with Crippen molar-refractivity contribution in [1.29, 1.82) is 0 Å². The van der Waals surface area contributed by atoms with E-state index in [0.717, 1.165) is 27.5 Å². The molecule has 1 nitrogen and oxygen atoms in total. The summed E-state index contributed by atoms with van der Waals surface area (Å²) < 4.78 is 9.36. The first kappa shape index (κ1) is 29.8. The molecule has 12 rings (SSSR count). The Labute approximate surface area is 314 Å². The molecule has 0 aliphatic carbocycles. The molecule has 0 N–H and O–H groups in total. The zero-order chi connectivity index (χ0) is 35.3. The summed E-state index contributed by atoms with van der Waals surface area (Å²) >= 11 is 1.84. The number of benzene rings is 10. The highest BCUT2D eigenvalue weighted by Gasteiger charge is 2.19. The van der Waals surface area contributed by atoms with Crippen LogP contribution in [0.15, 0.2) is 186 Å². The van der Waals surface area contributed by atoms with Gasteiger partial charge in [-0.25, -0.2) is 0 Å². The molecule has 12 aromatic rings. The van der Waals surface area contributed by atoms with E-state index in [1.165, 1.54) is 91.1 Å². The maximum absolute atomic E-state index is 6.81. The van der Waals surface area contributed by atoms with Crippen LogP contribution in [0.3, 0.4) is 0 Å². The van der Waals surface area contributed by atoms with Gasteiger partial charge in [-0.1, -0.05) is 146 Å². The fraction of sp³-hybridized carbons (Fsp3) is 0. The monoisotopic (exact) mass is 702 g/mol. The lowest BCUT2D eigenvalue weighted by Crippen LogP contribution is -1.91. The van der Waals surface area contributed by atoms with E-state index in [1.807, 2.05) is 11.3 Å². The second-order valence-electron chi connectivity index (χ2n) is 14.4. The van der Waals surface area contributed by atoms with Crippen molar-refractivity contribution in [3.8, 4) is 33.4 Å². The minimum Gasteiger partial charge on any atom is -0.455 e. The lowest BCUT2D eigenvalue weighted by molar-refractivity contribution is 0.673. The van der Waals surface area contributed by atoms with Gasteiger partial charge in [-0.2, -0.15) is 0 Å². The summed E-state index contributed by atoms with van der Waals surface area (Å²) in [5.74, 6) is 0. The summed E-state index contributed by atoms with van der Waals surface area (Å²) in [6.45, 7) is 0. The van der Waals surface area contributed by atoms with Gasteiger partial charge in [0.15, 0.2) is 0 Å². The summed E-state index contributed by atoms with van der Waals surface area (Å²) in [7, 11) is 0. The van der Waals surface area contributed by atoms with Crippen molar-refractivity contribution < 1.29 is 4.42 Å². The molecule has 0 saturated heterocycles. The standard InChI is InChI=1S/C52H30OS/c1-2-11-35-29-37(22-19-31(35)9-1)49-42-15-7-5-13-40(42)48(41-14-6-8-16-43(41)49)34-20-17-32(18-21-34)36-23-25-39-44-26-28-47-51(52(44)53-45(39)30-36)50-38-12-4-3-10-33(38)24-27-46(50)54-47/h1-30H. The van der Waals surface area contributed by atoms with Gasteiger partial charge in [-0.15, -0.1) is 11.3 Å². The van der Waals surface area contributed by atoms with Gasteiger partial charge < -0.3 is 4.42 Å². The molecule has 0 saturated carbocycles. The van der Waals surface area contributed by atoms with Crippen LogP contribution in [0.4, 0.5) is 0 Å². The number of furan rings is 1. The molecule has 2 aromatic heterocycles. The first-order valence-corrected chi connectivity index (χ1v) is 19.3. The molecule has 250 valence electrons. The van der Waals surface area contributed by atoms with Crippen molar-refractivity contribution in [2.45, 2.75) is 0 Å². The second kappa shape index (κ2) is 11.4. The van der Waals surface area contributed by atoms with Gasteiger partial charge in [0.1, 0.15) is 11.2 Å². The van der Waals surface area contributed by atoms with Crippen LogP contribution in [0.2, 0.25) is 0 Å². The van der Waals surface area contributed by atoms with Crippen molar-refractivity contribution in [3.63, 3.8) is 0 Å². The molecule has 2 heterocycles. The maximum atomic E-state index is 6.81. The van der Waals surface area contributed by atoms with E-state index in [1.54, 1.807) is 0 Å². The molecule has 0 spiro atoms. The minimum atomic E-state index is 0.917. The third-order valence-corrected chi connectivity index (χ3v) is 12.6. The van der Waals surface area contributed by atoms with Crippen molar-refractivity contribution >= 4 is 96.5 Å². The number of rotatable bonds is 3. The quantitative estimate of drug-likeness (QED) is 0.167. The number of hydrogen-bond donors (Lipinski definition) is 0. The minimum absolute atomic E-state index is 0.917. The molecule has 0 fully saturated rings. The second-order valence-corrected chi connectivity index (χ2v) is 15.5. The van der Waals surface area contributed by atoms with Gasteiger partial charge in [-0.05, 0) is 113 Å². The molecule has 0 atom stereocenters. The first-order valence-electron chi connectivity index (χ1n) is 18.5. The van der Waals surface area contributed by atoms with E-state index in [0.29, 0.717) is 0 Å². The highest BCUT2D eigenvalue weighted by Crippen LogP contribution is 2.46. The Kier molecular flexibility index (Phi) is 6.28. The molecule has 0 bridgehead atoms. The molecule has 0 aliphatic rings. The Hall–Kier alpha value is -6.74. The average molecular weight is 703 g/mol. The summed E-state index contributed by atoms with van der Waals surface area (Å²) in [4.78, 5) is 0. The number of thiophene rings is 1. The largest absolute Gasteiger partial charge is 0.455 e. The lowest BCUT2D eigenvalue weighted by Gasteiger charge is -2.18. The fourth-order valence-electron chi connectivity index (χ4n) is 8.96. The zero-order valence-electron chi connectivity index (χ0n) is 29.1. The third kappa shape index (κ3) is 4.32. The van der Waals surface area contributed by atoms with Gasteiger partial charge in [0.2, 0.25) is 0 Å². The Morgan fingerprint density at radius 1 is 0.315 bits per heavy atom. The smallest absolute Gasteiger partial charge is 0.144 e. The van der Waals surface area contributed by atoms with E-state index in [2.05, 4.69) is 182 Å². The normalized spacial score (nSPS) is 12.1.